The molecule has 1 amide bonds. The molecule has 1 aliphatic heterocycles. The Labute approximate surface area is 124 Å². The van der Waals surface area contributed by atoms with Crippen molar-refractivity contribution in [2.24, 2.45) is 0 Å². The van der Waals surface area contributed by atoms with Gasteiger partial charge in [0.2, 0.25) is 0 Å². The van der Waals surface area contributed by atoms with E-state index in [1.807, 2.05) is 11.0 Å². The van der Waals surface area contributed by atoms with Crippen LogP contribution in [-0.2, 0) is 16.0 Å². The molecule has 1 aromatic rings. The average Bonchev–Trinajstić information content (AvgIpc) is 2.48. The second kappa shape index (κ2) is 7.65. The number of amides is 1. The predicted molar refractivity (Wildman–Crippen MR) is 79.6 cm³/mol. The van der Waals surface area contributed by atoms with Crippen molar-refractivity contribution in [2.45, 2.75) is 13.3 Å². The quantitative estimate of drug-likeness (QED) is 0.851. The fraction of sp³-hybridized carbons (Fsp3) is 0.438. The molecule has 0 saturated carbocycles. The lowest BCUT2D eigenvalue weighted by atomic mass is 10.1. The Morgan fingerprint density at radius 2 is 2.19 bits per heavy atom. The van der Waals surface area contributed by atoms with E-state index in [1.165, 1.54) is 6.07 Å². The largest absolute Gasteiger partial charge is 0.378 e. The van der Waals surface area contributed by atoms with E-state index in [4.69, 9.17) is 4.74 Å². The molecule has 1 aliphatic rings. The van der Waals surface area contributed by atoms with Gasteiger partial charge in [-0.1, -0.05) is 12.0 Å². The van der Waals surface area contributed by atoms with Crippen molar-refractivity contribution in [1.29, 1.82) is 0 Å². The number of ether oxygens (including phenoxy) is 1. The van der Waals surface area contributed by atoms with Gasteiger partial charge >= 0.3 is 0 Å². The molecule has 0 bridgehead atoms. The molecule has 0 atom stereocenters. The van der Waals surface area contributed by atoms with Crippen LogP contribution >= 0.6 is 0 Å². The smallest absolute Gasteiger partial charge is 0.295 e. The summed E-state index contributed by atoms with van der Waals surface area (Å²) in [6.45, 7) is 4.74. The summed E-state index contributed by atoms with van der Waals surface area (Å²) >= 11 is 0. The van der Waals surface area contributed by atoms with Gasteiger partial charge in [0, 0.05) is 19.6 Å². The van der Waals surface area contributed by atoms with Crippen LogP contribution in [0.4, 0.5) is 10.1 Å². The van der Waals surface area contributed by atoms with Crippen molar-refractivity contribution in [3.63, 3.8) is 0 Å². The summed E-state index contributed by atoms with van der Waals surface area (Å²) < 4.78 is 19.4. The first-order chi connectivity index (χ1) is 10.2. The maximum atomic E-state index is 14.1. The van der Waals surface area contributed by atoms with Gasteiger partial charge in [-0.05, 0) is 37.0 Å². The molecule has 5 heteroatoms. The van der Waals surface area contributed by atoms with Crippen LogP contribution < -0.4 is 10.2 Å². The first-order valence-electron chi connectivity index (χ1n) is 7.02. The third kappa shape index (κ3) is 4.47. The van der Waals surface area contributed by atoms with Crippen molar-refractivity contribution < 1.29 is 13.9 Å². The van der Waals surface area contributed by atoms with Crippen LogP contribution in [0.2, 0.25) is 0 Å². The maximum Gasteiger partial charge on any atom is 0.295 e. The average molecular weight is 290 g/mol. The molecule has 0 unspecified atom stereocenters. The number of nitrogens with one attached hydrogen (secondary N) is 1. The minimum atomic E-state index is -0.303. The summed E-state index contributed by atoms with van der Waals surface area (Å²) in [4.78, 5) is 13.2. The van der Waals surface area contributed by atoms with E-state index >= 15 is 0 Å². The molecule has 1 N–H and O–H groups in total. The number of carbonyl (C=O) groups is 1. The SMILES string of the molecule is CC#CC(=O)NCCc1ccc(N2CCOCC2)c(F)c1. The molecule has 21 heavy (non-hydrogen) atoms. The Morgan fingerprint density at radius 3 is 2.86 bits per heavy atom. The highest BCUT2D eigenvalue weighted by Crippen LogP contribution is 2.21. The molecule has 2 rings (SSSR count). The Hall–Kier alpha value is -2.06. The van der Waals surface area contributed by atoms with Crippen molar-refractivity contribution in [2.75, 3.05) is 37.7 Å². The zero-order chi connectivity index (χ0) is 15.1. The Balaban J connectivity index is 1.91. The van der Waals surface area contributed by atoms with Gasteiger partial charge in [0.25, 0.3) is 5.91 Å². The summed E-state index contributed by atoms with van der Waals surface area (Å²) in [5.41, 5.74) is 1.47. The topological polar surface area (TPSA) is 41.6 Å². The van der Waals surface area contributed by atoms with E-state index in [2.05, 4.69) is 17.2 Å². The molecule has 4 nitrogen and oxygen atoms in total. The number of carbonyl (C=O) groups excluding carboxylic acids is 1. The van der Waals surface area contributed by atoms with Gasteiger partial charge in [0.15, 0.2) is 0 Å². The molecule has 1 aromatic carbocycles. The van der Waals surface area contributed by atoms with E-state index in [-0.39, 0.29) is 11.7 Å². The van der Waals surface area contributed by atoms with Crippen LogP contribution in [0.1, 0.15) is 12.5 Å². The first kappa shape index (κ1) is 15.3. The zero-order valence-corrected chi connectivity index (χ0v) is 12.1. The molecule has 1 saturated heterocycles. The number of benzene rings is 1. The van der Waals surface area contributed by atoms with Crippen LogP contribution in [0, 0.1) is 17.7 Å². The van der Waals surface area contributed by atoms with E-state index in [0.29, 0.717) is 45.0 Å². The predicted octanol–water partition coefficient (Wildman–Crippen LogP) is 1.34. The summed E-state index contributed by atoms with van der Waals surface area (Å²) in [6.07, 6.45) is 0.581. The van der Waals surface area contributed by atoms with Crippen molar-refractivity contribution in [3.8, 4) is 11.8 Å². The number of hydrogen-bond acceptors (Lipinski definition) is 3. The number of morpholine rings is 1. The van der Waals surface area contributed by atoms with Gasteiger partial charge in [-0.2, -0.15) is 0 Å². The molecular formula is C16H19FN2O2. The summed E-state index contributed by atoms with van der Waals surface area (Å²) in [5, 5.41) is 2.67. The second-order valence-corrected chi connectivity index (χ2v) is 4.77. The minimum Gasteiger partial charge on any atom is -0.378 e. The maximum absolute atomic E-state index is 14.1. The van der Waals surface area contributed by atoms with Crippen LogP contribution in [0.3, 0.4) is 0 Å². The lowest BCUT2D eigenvalue weighted by Crippen LogP contribution is -2.36. The third-order valence-electron chi connectivity index (χ3n) is 3.30. The summed E-state index contributed by atoms with van der Waals surface area (Å²) in [7, 11) is 0. The number of nitrogens with zero attached hydrogens (tertiary/aromatic N) is 1. The normalized spacial score (nSPS) is 14.3. The van der Waals surface area contributed by atoms with Gasteiger partial charge in [-0.3, -0.25) is 4.79 Å². The van der Waals surface area contributed by atoms with Crippen LogP contribution in [-0.4, -0.2) is 38.8 Å². The Bertz CT molecular complexity index is 557. The molecule has 0 aliphatic carbocycles. The molecule has 1 fully saturated rings. The zero-order valence-electron chi connectivity index (χ0n) is 12.1. The summed E-state index contributed by atoms with van der Waals surface area (Å²) in [5.74, 6) is 4.40. The first-order valence-corrected chi connectivity index (χ1v) is 7.02. The van der Waals surface area contributed by atoms with E-state index < -0.39 is 0 Å². The summed E-state index contributed by atoms with van der Waals surface area (Å²) in [6, 6.07) is 5.22. The van der Waals surface area contributed by atoms with Gasteiger partial charge < -0.3 is 15.0 Å². The van der Waals surface area contributed by atoms with Crippen LogP contribution in [0.15, 0.2) is 18.2 Å². The van der Waals surface area contributed by atoms with Gasteiger partial charge in [0.1, 0.15) is 5.82 Å². The molecule has 0 aromatic heterocycles. The molecule has 112 valence electrons. The van der Waals surface area contributed by atoms with Crippen LogP contribution in [0.5, 0.6) is 0 Å². The second-order valence-electron chi connectivity index (χ2n) is 4.77. The Kier molecular flexibility index (Phi) is 5.59. The van der Waals surface area contributed by atoms with Crippen molar-refractivity contribution in [3.05, 3.63) is 29.6 Å². The van der Waals surface area contributed by atoms with E-state index in [9.17, 15) is 9.18 Å². The minimum absolute atomic E-state index is 0.228. The number of halogens is 1. The molecule has 0 radical (unpaired) electrons. The lowest BCUT2D eigenvalue weighted by molar-refractivity contribution is -0.115. The molecular weight excluding hydrogens is 271 g/mol. The van der Waals surface area contributed by atoms with Gasteiger partial charge in [-0.15, -0.1) is 0 Å². The third-order valence-corrected chi connectivity index (χ3v) is 3.30. The lowest BCUT2D eigenvalue weighted by Gasteiger charge is -2.29. The highest BCUT2D eigenvalue weighted by atomic mass is 19.1. The van der Waals surface area contributed by atoms with E-state index in [1.54, 1.807) is 13.0 Å². The highest BCUT2D eigenvalue weighted by Gasteiger charge is 2.15. The Morgan fingerprint density at radius 1 is 1.43 bits per heavy atom. The number of rotatable bonds is 4. The molecule has 1 heterocycles. The monoisotopic (exact) mass is 290 g/mol. The van der Waals surface area contributed by atoms with Gasteiger partial charge in [0.05, 0.1) is 18.9 Å². The van der Waals surface area contributed by atoms with Gasteiger partial charge in [-0.25, -0.2) is 4.39 Å². The fourth-order valence-corrected chi connectivity index (χ4v) is 2.24. The standard InChI is InChI=1S/C16H19FN2O2/c1-2-3-16(20)18-7-6-13-4-5-15(14(17)12-13)19-8-10-21-11-9-19/h4-5,12H,6-11H2,1H3,(H,18,20). The van der Waals surface area contributed by atoms with Crippen molar-refractivity contribution >= 4 is 11.6 Å². The number of anilines is 1. The molecule has 0 spiro atoms. The fourth-order valence-electron chi connectivity index (χ4n) is 2.24. The van der Waals surface area contributed by atoms with E-state index in [0.717, 1.165) is 5.56 Å². The van der Waals surface area contributed by atoms with Crippen LogP contribution in [0.25, 0.3) is 0 Å². The highest BCUT2D eigenvalue weighted by molar-refractivity contribution is 5.93. The number of hydrogen-bond donors (Lipinski definition) is 1. The van der Waals surface area contributed by atoms with Crippen molar-refractivity contribution in [1.82, 2.24) is 5.32 Å².